The predicted molar refractivity (Wildman–Crippen MR) is 113 cm³/mol. The zero-order valence-electron chi connectivity index (χ0n) is 15.1. The topological polar surface area (TPSA) is 63.3 Å². The van der Waals surface area contributed by atoms with E-state index >= 15 is 0 Å². The summed E-state index contributed by atoms with van der Waals surface area (Å²) < 4.78 is 8.86. The second-order valence-corrected chi connectivity index (χ2v) is 8.36. The van der Waals surface area contributed by atoms with Gasteiger partial charge in [0.1, 0.15) is 17.9 Å². The molecule has 4 rings (SSSR count). The molecule has 0 aliphatic carbocycles. The Kier molecular flexibility index (Phi) is 5.64. The molecule has 3 heterocycles. The van der Waals surface area contributed by atoms with Crippen LogP contribution in [0.1, 0.15) is 21.3 Å². The van der Waals surface area contributed by atoms with Crippen molar-refractivity contribution in [1.82, 2.24) is 4.98 Å². The van der Waals surface area contributed by atoms with Crippen molar-refractivity contribution in [2.45, 2.75) is 19.4 Å². The Hall–Kier alpha value is -2.77. The largest absolute Gasteiger partial charge is 0.481 e. The number of allylic oxidation sites excluding steroid dienone is 3. The van der Waals surface area contributed by atoms with Crippen LogP contribution in [0.4, 0.5) is 0 Å². The summed E-state index contributed by atoms with van der Waals surface area (Å²) >= 11 is 3.31. The maximum atomic E-state index is 11.0. The molecule has 0 spiro atoms. The number of rotatable bonds is 7. The number of thiazole rings is 2. The monoisotopic (exact) mass is 411 g/mol. The van der Waals surface area contributed by atoms with Crippen LogP contribution in [0.5, 0.6) is 5.88 Å². The fourth-order valence-electron chi connectivity index (χ4n) is 2.92. The van der Waals surface area contributed by atoms with Gasteiger partial charge in [0.2, 0.25) is 0 Å². The molecule has 0 fully saturated rings. The molecule has 1 aliphatic heterocycles. The molecular formula is C21H19N2O3S2+. The van der Waals surface area contributed by atoms with Crippen molar-refractivity contribution in [1.29, 1.82) is 0 Å². The zero-order valence-corrected chi connectivity index (χ0v) is 16.7. The molecular weight excluding hydrogens is 392 g/mol. The minimum atomic E-state index is -0.815. The van der Waals surface area contributed by atoms with Crippen LogP contribution in [0, 0.1) is 0 Å². The summed E-state index contributed by atoms with van der Waals surface area (Å²) in [6.07, 6.45) is 12.9. The van der Waals surface area contributed by atoms with Gasteiger partial charge in [0.25, 0.3) is 5.01 Å². The number of para-hydroxylation sites is 1. The van der Waals surface area contributed by atoms with E-state index < -0.39 is 5.97 Å². The number of fused-ring (bicyclic) bond motifs is 2. The Bertz CT molecular complexity index is 1060. The average molecular weight is 412 g/mol. The van der Waals surface area contributed by atoms with Crippen LogP contribution in [0.15, 0.2) is 48.6 Å². The van der Waals surface area contributed by atoms with Gasteiger partial charge in [-0.2, -0.15) is 0 Å². The molecule has 0 bridgehead atoms. The van der Waals surface area contributed by atoms with Crippen molar-refractivity contribution < 1.29 is 19.2 Å². The molecule has 7 heteroatoms. The van der Waals surface area contributed by atoms with Crippen LogP contribution < -0.4 is 9.30 Å². The summed E-state index contributed by atoms with van der Waals surface area (Å²) in [5, 5.41) is 11.1. The lowest BCUT2D eigenvalue weighted by Gasteiger charge is -2.04. The third-order valence-electron chi connectivity index (χ3n) is 4.19. The molecule has 0 saturated heterocycles. The summed E-state index contributed by atoms with van der Waals surface area (Å²) in [4.78, 5) is 16.6. The van der Waals surface area contributed by atoms with Crippen LogP contribution in [0.2, 0.25) is 0 Å². The predicted octanol–water partition coefficient (Wildman–Crippen LogP) is 4.34. The van der Waals surface area contributed by atoms with E-state index in [9.17, 15) is 4.79 Å². The molecule has 2 aromatic heterocycles. The summed E-state index contributed by atoms with van der Waals surface area (Å²) in [7, 11) is 0. The second-order valence-electron chi connectivity index (χ2n) is 6.19. The molecule has 142 valence electrons. The normalized spacial score (nSPS) is 13.4. The van der Waals surface area contributed by atoms with Gasteiger partial charge < -0.3 is 9.84 Å². The van der Waals surface area contributed by atoms with Gasteiger partial charge >= 0.3 is 11.8 Å². The fourth-order valence-corrected chi connectivity index (χ4v) is 4.94. The van der Waals surface area contributed by atoms with Gasteiger partial charge in [0, 0.05) is 12.5 Å². The number of aromatic nitrogens is 2. The van der Waals surface area contributed by atoms with Crippen molar-refractivity contribution in [2.24, 2.45) is 0 Å². The first-order valence-corrected chi connectivity index (χ1v) is 10.6. The highest BCUT2D eigenvalue weighted by Crippen LogP contribution is 2.28. The molecule has 0 saturated carbocycles. The smallest absolute Gasteiger partial charge is 0.387 e. The summed E-state index contributed by atoms with van der Waals surface area (Å²) in [6.45, 7) is 0.909. The Labute approximate surface area is 170 Å². The van der Waals surface area contributed by atoms with Crippen LogP contribution in [-0.2, 0) is 17.8 Å². The van der Waals surface area contributed by atoms with Crippen LogP contribution in [0.25, 0.3) is 22.4 Å². The van der Waals surface area contributed by atoms with Crippen molar-refractivity contribution in [3.8, 4) is 5.88 Å². The maximum absolute atomic E-state index is 11.0. The quantitative estimate of drug-likeness (QED) is 0.464. The fraction of sp³-hybridized carbons (Fsp3) is 0.190. The maximum Gasteiger partial charge on any atom is 0.387 e. The first-order chi connectivity index (χ1) is 13.7. The van der Waals surface area contributed by atoms with E-state index in [0.717, 1.165) is 32.7 Å². The van der Waals surface area contributed by atoms with Crippen molar-refractivity contribution in [3.63, 3.8) is 0 Å². The van der Waals surface area contributed by atoms with Crippen LogP contribution >= 0.6 is 22.7 Å². The van der Waals surface area contributed by atoms with E-state index in [-0.39, 0.29) is 6.42 Å². The van der Waals surface area contributed by atoms with Crippen LogP contribution in [0.3, 0.4) is 0 Å². The van der Waals surface area contributed by atoms with Gasteiger partial charge in [0.05, 0.1) is 15.2 Å². The number of carboxylic acids is 1. The number of aliphatic carboxylic acids is 1. The second kappa shape index (κ2) is 8.50. The lowest BCUT2D eigenvalue weighted by atomic mass is 10.3. The third kappa shape index (κ3) is 4.21. The molecule has 1 aromatic carbocycles. The lowest BCUT2D eigenvalue weighted by Crippen LogP contribution is -2.38. The molecule has 5 nitrogen and oxygen atoms in total. The minimum Gasteiger partial charge on any atom is -0.481 e. The van der Waals surface area contributed by atoms with E-state index in [2.05, 4.69) is 17.1 Å². The Morgan fingerprint density at radius 2 is 2.18 bits per heavy atom. The number of nitrogens with zero attached hydrogens (tertiary/aromatic N) is 2. The highest BCUT2D eigenvalue weighted by Gasteiger charge is 2.27. The lowest BCUT2D eigenvalue weighted by molar-refractivity contribution is -0.697. The van der Waals surface area contributed by atoms with E-state index in [1.807, 2.05) is 53.1 Å². The highest BCUT2D eigenvalue weighted by atomic mass is 32.1. The van der Waals surface area contributed by atoms with Gasteiger partial charge in [-0.1, -0.05) is 41.7 Å². The van der Waals surface area contributed by atoms with Gasteiger partial charge in [-0.15, -0.1) is 15.9 Å². The Morgan fingerprint density at radius 1 is 1.29 bits per heavy atom. The number of benzene rings is 1. The Balaban J connectivity index is 1.46. The molecule has 28 heavy (non-hydrogen) atoms. The first-order valence-electron chi connectivity index (χ1n) is 8.96. The Morgan fingerprint density at radius 3 is 3.04 bits per heavy atom. The third-order valence-corrected chi connectivity index (χ3v) is 6.34. The van der Waals surface area contributed by atoms with Crippen molar-refractivity contribution >= 4 is 51.0 Å². The van der Waals surface area contributed by atoms with Gasteiger partial charge in [-0.05, 0) is 24.3 Å². The highest BCUT2D eigenvalue weighted by molar-refractivity contribution is 7.18. The van der Waals surface area contributed by atoms with E-state index in [1.54, 1.807) is 22.7 Å². The summed E-state index contributed by atoms with van der Waals surface area (Å²) in [6, 6.07) is 8.15. The summed E-state index contributed by atoms with van der Waals surface area (Å²) in [5.74, 6) is -0.0590. The molecule has 3 aromatic rings. The summed E-state index contributed by atoms with van der Waals surface area (Å²) in [5.41, 5.74) is 1.04. The zero-order chi connectivity index (χ0) is 19.3. The van der Waals surface area contributed by atoms with E-state index in [0.29, 0.717) is 13.2 Å². The standard InChI is InChI=1S/C21H18N2O3S2/c24-20(25)12-13-23-19(28-17-9-6-14-26-21(17)23)11-3-1-2-10-18-22-15-7-4-5-8-16(15)27-18/h1-9,11H,10,12-14H2/p+1. The van der Waals surface area contributed by atoms with Gasteiger partial charge in [0.15, 0.2) is 6.54 Å². The van der Waals surface area contributed by atoms with Crippen LogP contribution in [-0.4, -0.2) is 22.7 Å². The first kappa shape index (κ1) is 18.6. The number of hydrogen-bond acceptors (Lipinski definition) is 5. The molecule has 0 amide bonds. The van der Waals surface area contributed by atoms with Crippen molar-refractivity contribution in [3.05, 3.63) is 63.5 Å². The number of hydrogen-bond donors (Lipinski definition) is 1. The molecule has 0 atom stereocenters. The average Bonchev–Trinajstić information content (AvgIpc) is 3.26. The SMILES string of the molecule is O=C(O)CC[n+]1c(C=CC=CCc2nc3ccccc3s2)sc2c1OCC=C2. The van der Waals surface area contributed by atoms with Gasteiger partial charge in [-0.25, -0.2) is 4.98 Å². The van der Waals surface area contributed by atoms with Gasteiger partial charge in [-0.3, -0.25) is 4.79 Å². The molecule has 1 aliphatic rings. The minimum absolute atomic E-state index is 0.0647. The molecule has 0 unspecified atom stereocenters. The van der Waals surface area contributed by atoms with E-state index in [4.69, 9.17) is 9.84 Å². The number of ether oxygens (including phenoxy) is 1. The van der Waals surface area contributed by atoms with E-state index in [1.165, 1.54) is 4.70 Å². The number of carbonyl (C=O) groups is 1. The number of carboxylic acid groups (broad SMARTS) is 1. The molecule has 0 radical (unpaired) electrons. The molecule has 1 N–H and O–H groups in total. The van der Waals surface area contributed by atoms with Crippen molar-refractivity contribution in [2.75, 3.05) is 6.61 Å².